The van der Waals surface area contributed by atoms with Crippen LogP contribution in [0.15, 0.2) is 53.0 Å². The number of fused-ring (bicyclic) bond motifs is 1. The van der Waals surface area contributed by atoms with Gasteiger partial charge in [0.1, 0.15) is 11.4 Å². The first kappa shape index (κ1) is 17.8. The minimum absolute atomic E-state index is 0.103. The molecule has 136 valence electrons. The fourth-order valence-electron chi connectivity index (χ4n) is 3.07. The van der Waals surface area contributed by atoms with Crippen LogP contribution >= 0.6 is 0 Å². The van der Waals surface area contributed by atoms with E-state index in [4.69, 9.17) is 4.74 Å². The van der Waals surface area contributed by atoms with Gasteiger partial charge >= 0.3 is 0 Å². The van der Waals surface area contributed by atoms with Crippen LogP contribution in [0.5, 0.6) is 5.75 Å². The molecular weight excluding hydrogens is 338 g/mol. The molecule has 0 amide bonds. The third kappa shape index (κ3) is 3.12. The van der Waals surface area contributed by atoms with Crippen molar-refractivity contribution in [2.24, 2.45) is 0 Å². The van der Waals surface area contributed by atoms with E-state index in [1.807, 2.05) is 13.8 Å². The summed E-state index contributed by atoms with van der Waals surface area (Å²) in [7, 11) is 1.48. The molecule has 0 fully saturated rings. The standard InChI is InChI=1S/C18H19N3O5/c1-18(2)14(11-19(3)23)17(20-9-5-4-6-16(20)22)13-10-12(21(24)25)7-8-15(13)26-18/h4-10,23H,11H2,1-3H3. The molecule has 0 bridgehead atoms. The number of benzene rings is 1. The number of ether oxygens (including phenoxy) is 1. The van der Waals surface area contributed by atoms with Gasteiger partial charge in [-0.25, -0.2) is 0 Å². The Labute approximate surface area is 149 Å². The normalized spacial score (nSPS) is 15.6. The largest absolute Gasteiger partial charge is 0.483 e. The fourth-order valence-corrected chi connectivity index (χ4v) is 3.07. The van der Waals surface area contributed by atoms with Crippen molar-refractivity contribution in [2.75, 3.05) is 13.6 Å². The number of non-ortho nitro benzene ring substituents is 1. The molecule has 0 saturated carbocycles. The number of aromatic nitrogens is 1. The lowest BCUT2D eigenvalue weighted by Crippen LogP contribution is -2.41. The number of nitro benzene ring substituents is 1. The molecule has 0 spiro atoms. The van der Waals surface area contributed by atoms with Gasteiger partial charge in [-0.3, -0.25) is 19.5 Å². The monoisotopic (exact) mass is 357 g/mol. The van der Waals surface area contributed by atoms with Gasteiger partial charge in [-0.2, -0.15) is 5.06 Å². The number of nitrogens with zero attached hydrogens (tertiary/aromatic N) is 3. The van der Waals surface area contributed by atoms with Crippen LogP contribution in [0, 0.1) is 10.1 Å². The van der Waals surface area contributed by atoms with Crippen LogP contribution < -0.4 is 10.3 Å². The van der Waals surface area contributed by atoms with E-state index in [2.05, 4.69) is 0 Å². The maximum atomic E-state index is 12.5. The first-order valence-corrected chi connectivity index (χ1v) is 8.00. The van der Waals surface area contributed by atoms with Gasteiger partial charge in [-0.05, 0) is 26.0 Å². The zero-order valence-electron chi connectivity index (χ0n) is 14.7. The summed E-state index contributed by atoms with van der Waals surface area (Å²) in [4.78, 5) is 23.2. The number of likely N-dealkylation sites (N-methyl/N-ethyl adjacent to an activating group) is 1. The van der Waals surface area contributed by atoms with Crippen LogP contribution in [0.1, 0.15) is 19.4 Å². The van der Waals surface area contributed by atoms with Crippen LogP contribution in [0.4, 0.5) is 5.69 Å². The Morgan fingerprint density at radius 2 is 2.04 bits per heavy atom. The van der Waals surface area contributed by atoms with E-state index < -0.39 is 10.5 Å². The van der Waals surface area contributed by atoms with Crippen LogP contribution in [-0.4, -0.2) is 39.0 Å². The molecule has 0 saturated heterocycles. The predicted octanol–water partition coefficient (Wildman–Crippen LogP) is 2.51. The van der Waals surface area contributed by atoms with Crippen LogP contribution in [0.3, 0.4) is 0 Å². The Morgan fingerprint density at radius 3 is 2.65 bits per heavy atom. The molecule has 1 aliphatic rings. The summed E-state index contributed by atoms with van der Waals surface area (Å²) in [6.45, 7) is 3.75. The second kappa shape index (κ2) is 6.40. The summed E-state index contributed by atoms with van der Waals surface area (Å²) in [5, 5.41) is 22.0. The molecular formula is C18H19N3O5. The Bertz CT molecular complexity index is 959. The number of hydrogen-bond donors (Lipinski definition) is 1. The Morgan fingerprint density at radius 1 is 1.31 bits per heavy atom. The first-order valence-electron chi connectivity index (χ1n) is 8.00. The second-order valence-electron chi connectivity index (χ2n) is 6.60. The van der Waals surface area contributed by atoms with Crippen molar-refractivity contribution in [1.29, 1.82) is 0 Å². The maximum absolute atomic E-state index is 12.5. The number of rotatable bonds is 4. The molecule has 26 heavy (non-hydrogen) atoms. The molecule has 1 aliphatic heterocycles. The van der Waals surface area contributed by atoms with Gasteiger partial charge in [0.25, 0.3) is 11.2 Å². The maximum Gasteiger partial charge on any atom is 0.270 e. The summed E-state index contributed by atoms with van der Waals surface area (Å²) in [5.74, 6) is 0.440. The topological polar surface area (TPSA) is 97.8 Å². The SMILES string of the molecule is CN(O)CC1=C(n2ccccc2=O)c2cc([N+](=O)[O-])ccc2OC1(C)C. The number of nitro groups is 1. The fraction of sp³-hybridized carbons (Fsp3) is 0.278. The quantitative estimate of drug-likeness (QED) is 0.667. The van der Waals surface area contributed by atoms with Gasteiger partial charge in [0.05, 0.1) is 17.2 Å². The highest BCUT2D eigenvalue weighted by Crippen LogP contribution is 2.42. The van der Waals surface area contributed by atoms with E-state index in [0.717, 1.165) is 5.06 Å². The van der Waals surface area contributed by atoms with Crippen molar-refractivity contribution in [3.05, 3.63) is 74.2 Å². The summed E-state index contributed by atoms with van der Waals surface area (Å²) in [5.41, 5.74) is 0.324. The van der Waals surface area contributed by atoms with Crippen molar-refractivity contribution in [3.63, 3.8) is 0 Å². The van der Waals surface area contributed by atoms with Gasteiger partial charge in [-0.15, -0.1) is 0 Å². The Kier molecular flexibility index (Phi) is 4.39. The average molecular weight is 357 g/mol. The first-order chi connectivity index (χ1) is 12.2. The summed E-state index contributed by atoms with van der Waals surface area (Å²) >= 11 is 0. The third-order valence-corrected chi connectivity index (χ3v) is 4.26. The zero-order valence-corrected chi connectivity index (χ0v) is 14.7. The van der Waals surface area contributed by atoms with E-state index in [1.54, 1.807) is 18.3 Å². The van der Waals surface area contributed by atoms with Gasteiger partial charge in [0.15, 0.2) is 0 Å². The smallest absolute Gasteiger partial charge is 0.270 e. The summed E-state index contributed by atoms with van der Waals surface area (Å²) in [6, 6.07) is 9.01. The molecule has 8 nitrogen and oxygen atoms in total. The highest BCUT2D eigenvalue weighted by Gasteiger charge is 2.37. The van der Waals surface area contributed by atoms with Crippen molar-refractivity contribution in [1.82, 2.24) is 9.63 Å². The average Bonchev–Trinajstić information content (AvgIpc) is 2.55. The van der Waals surface area contributed by atoms with E-state index in [0.29, 0.717) is 22.6 Å². The van der Waals surface area contributed by atoms with E-state index in [9.17, 15) is 20.1 Å². The summed E-state index contributed by atoms with van der Waals surface area (Å²) < 4.78 is 7.45. The van der Waals surface area contributed by atoms with Crippen LogP contribution in [-0.2, 0) is 0 Å². The van der Waals surface area contributed by atoms with Crippen LogP contribution in [0.25, 0.3) is 5.70 Å². The highest BCUT2D eigenvalue weighted by molar-refractivity contribution is 5.78. The van der Waals surface area contributed by atoms with Crippen molar-refractivity contribution >= 4 is 11.4 Å². The van der Waals surface area contributed by atoms with Gasteiger partial charge in [0, 0.05) is 42.6 Å². The van der Waals surface area contributed by atoms with Gasteiger partial charge in [-0.1, -0.05) is 6.07 Å². The lowest BCUT2D eigenvalue weighted by molar-refractivity contribution is -0.384. The highest BCUT2D eigenvalue weighted by atomic mass is 16.6. The number of hydroxylamine groups is 2. The van der Waals surface area contributed by atoms with Gasteiger partial charge in [0.2, 0.25) is 0 Å². The van der Waals surface area contributed by atoms with E-state index >= 15 is 0 Å². The molecule has 3 rings (SSSR count). The number of hydrogen-bond acceptors (Lipinski definition) is 6. The molecule has 1 aromatic carbocycles. The van der Waals surface area contributed by atoms with Crippen molar-refractivity contribution in [2.45, 2.75) is 19.4 Å². The molecule has 2 aromatic rings. The minimum Gasteiger partial charge on any atom is -0.483 e. The molecule has 0 atom stereocenters. The number of pyridine rings is 1. The second-order valence-corrected chi connectivity index (χ2v) is 6.60. The Balaban J connectivity index is 2.38. The molecule has 1 N–H and O–H groups in total. The lowest BCUT2D eigenvalue weighted by atomic mass is 9.89. The molecule has 0 radical (unpaired) electrons. The molecule has 8 heteroatoms. The summed E-state index contributed by atoms with van der Waals surface area (Å²) in [6.07, 6.45) is 1.60. The van der Waals surface area contributed by atoms with E-state index in [-0.39, 0.29) is 17.8 Å². The third-order valence-electron chi connectivity index (χ3n) is 4.26. The molecule has 0 aliphatic carbocycles. The molecule has 1 aromatic heterocycles. The Hall–Kier alpha value is -2.97. The van der Waals surface area contributed by atoms with Crippen molar-refractivity contribution in [3.8, 4) is 5.75 Å². The minimum atomic E-state index is -0.829. The lowest BCUT2D eigenvalue weighted by Gasteiger charge is -2.38. The van der Waals surface area contributed by atoms with Crippen molar-refractivity contribution < 1.29 is 14.9 Å². The zero-order chi connectivity index (χ0) is 19.1. The van der Waals surface area contributed by atoms with Crippen LogP contribution in [0.2, 0.25) is 0 Å². The predicted molar refractivity (Wildman–Crippen MR) is 95.2 cm³/mol. The van der Waals surface area contributed by atoms with Gasteiger partial charge < -0.3 is 9.94 Å². The van der Waals surface area contributed by atoms with E-state index in [1.165, 1.54) is 35.9 Å². The molecule has 2 heterocycles. The molecule has 0 unspecified atom stereocenters.